The number of phenols is 1. The van der Waals surface area contributed by atoms with E-state index in [0.29, 0.717) is 5.52 Å². The van der Waals surface area contributed by atoms with Gasteiger partial charge >= 0.3 is 0 Å². The summed E-state index contributed by atoms with van der Waals surface area (Å²) in [6.07, 6.45) is 2.67. The topological polar surface area (TPSA) is 33.1 Å². The number of phenolic OH excluding ortho intramolecular Hbond substituents is 1. The number of para-hydroxylation sites is 1. The van der Waals surface area contributed by atoms with Crippen molar-refractivity contribution in [2.24, 2.45) is 0 Å². The van der Waals surface area contributed by atoms with E-state index in [1.807, 2.05) is 12.1 Å². The maximum absolute atomic E-state index is 9.29. The number of benzene rings is 1. The largest absolute Gasteiger partial charge is 0.506 e. The highest BCUT2D eigenvalue weighted by Crippen LogP contribution is 2.20. The van der Waals surface area contributed by atoms with E-state index in [4.69, 9.17) is 0 Å². The van der Waals surface area contributed by atoms with Crippen molar-refractivity contribution in [1.82, 2.24) is 4.98 Å². The monoisotopic (exact) mass is 144 g/mol. The highest BCUT2D eigenvalue weighted by Gasteiger charge is 1.96. The van der Waals surface area contributed by atoms with Gasteiger partial charge in [-0.1, -0.05) is 18.2 Å². The lowest BCUT2D eigenvalue weighted by Gasteiger charge is -1.96. The maximum Gasteiger partial charge on any atom is 0.141 e. The minimum absolute atomic E-state index is 0.208. The van der Waals surface area contributed by atoms with Crippen LogP contribution in [0.5, 0.6) is 5.75 Å². The molecular formula is C9H6NO. The zero-order valence-electron chi connectivity index (χ0n) is 5.78. The van der Waals surface area contributed by atoms with E-state index in [0.717, 1.165) is 5.39 Å². The molecule has 0 spiro atoms. The van der Waals surface area contributed by atoms with Crippen LogP contribution >= 0.6 is 0 Å². The maximum atomic E-state index is 9.29. The normalized spacial score (nSPS) is 10.2. The van der Waals surface area contributed by atoms with E-state index in [1.54, 1.807) is 18.2 Å². The van der Waals surface area contributed by atoms with Crippen LogP contribution in [0.4, 0.5) is 0 Å². The van der Waals surface area contributed by atoms with Gasteiger partial charge in [-0.2, -0.15) is 0 Å². The Morgan fingerprint density at radius 2 is 2.18 bits per heavy atom. The van der Waals surface area contributed by atoms with E-state index in [1.165, 1.54) is 0 Å². The fraction of sp³-hybridized carbons (Fsp3) is 0. The molecular weight excluding hydrogens is 138 g/mol. The fourth-order valence-corrected chi connectivity index (χ4v) is 1.03. The molecule has 1 heterocycles. The van der Waals surface area contributed by atoms with Crippen molar-refractivity contribution in [1.29, 1.82) is 0 Å². The van der Waals surface area contributed by atoms with E-state index in [-0.39, 0.29) is 5.75 Å². The highest BCUT2D eigenvalue weighted by atomic mass is 16.3. The SMILES string of the molecule is Oc1cccc2cc[c]nc12. The van der Waals surface area contributed by atoms with Gasteiger partial charge in [0, 0.05) is 5.39 Å². The molecule has 0 aliphatic rings. The standard InChI is InChI=1S/C9H6NO/c11-8-5-1-3-7-4-2-6-10-9(7)8/h1-5,11H. The Morgan fingerprint density at radius 1 is 1.27 bits per heavy atom. The molecule has 11 heavy (non-hydrogen) atoms. The van der Waals surface area contributed by atoms with Gasteiger partial charge in [0.05, 0.1) is 6.20 Å². The zero-order valence-corrected chi connectivity index (χ0v) is 5.78. The summed E-state index contributed by atoms with van der Waals surface area (Å²) >= 11 is 0. The molecule has 53 valence electrons. The number of hydrogen-bond acceptors (Lipinski definition) is 2. The average Bonchev–Trinajstić information content (AvgIpc) is 2.06. The van der Waals surface area contributed by atoms with E-state index >= 15 is 0 Å². The van der Waals surface area contributed by atoms with Crippen molar-refractivity contribution < 1.29 is 5.11 Å². The molecule has 1 N–H and O–H groups in total. The molecule has 2 aromatic rings. The third-order valence-electron chi connectivity index (χ3n) is 1.56. The molecule has 1 radical (unpaired) electrons. The number of fused-ring (bicyclic) bond motifs is 1. The molecule has 0 aliphatic heterocycles. The molecule has 2 rings (SSSR count). The molecule has 2 heteroatoms. The Kier molecular flexibility index (Phi) is 1.25. The molecule has 1 aromatic heterocycles. The summed E-state index contributed by atoms with van der Waals surface area (Å²) in [5.41, 5.74) is 0.606. The molecule has 0 bridgehead atoms. The second kappa shape index (κ2) is 2.23. The zero-order chi connectivity index (χ0) is 7.68. The van der Waals surface area contributed by atoms with Gasteiger partial charge in [-0.15, -0.1) is 0 Å². The Hall–Kier alpha value is -1.57. The number of nitrogens with zero attached hydrogens (tertiary/aromatic N) is 1. The number of rotatable bonds is 0. The second-order valence-electron chi connectivity index (χ2n) is 2.29. The lowest BCUT2D eigenvalue weighted by atomic mass is 10.2. The molecule has 0 saturated carbocycles. The van der Waals surface area contributed by atoms with Gasteiger partial charge in [-0.05, 0) is 12.1 Å². The first kappa shape index (κ1) is 6.16. The highest BCUT2D eigenvalue weighted by molar-refractivity contribution is 5.83. The van der Waals surface area contributed by atoms with Crippen molar-refractivity contribution in [2.75, 3.05) is 0 Å². The number of aromatic nitrogens is 1. The van der Waals surface area contributed by atoms with Crippen LogP contribution < -0.4 is 0 Å². The summed E-state index contributed by atoms with van der Waals surface area (Å²) in [6, 6.07) is 8.89. The van der Waals surface area contributed by atoms with Crippen LogP contribution in [0.1, 0.15) is 0 Å². The third kappa shape index (κ3) is 0.923. The summed E-state index contributed by atoms with van der Waals surface area (Å²) in [7, 11) is 0. The first-order valence-corrected chi connectivity index (χ1v) is 3.33. The summed E-state index contributed by atoms with van der Waals surface area (Å²) in [6.45, 7) is 0. The molecule has 0 aliphatic carbocycles. The molecule has 0 atom stereocenters. The smallest absolute Gasteiger partial charge is 0.141 e. The van der Waals surface area contributed by atoms with Crippen molar-refractivity contribution in [3.63, 3.8) is 0 Å². The number of hydrogen-bond donors (Lipinski definition) is 1. The van der Waals surface area contributed by atoms with Gasteiger partial charge < -0.3 is 5.11 Å². The number of aromatic hydroxyl groups is 1. The molecule has 0 fully saturated rings. The van der Waals surface area contributed by atoms with Gasteiger partial charge in [0.2, 0.25) is 0 Å². The van der Waals surface area contributed by atoms with Crippen LogP contribution in [0, 0.1) is 6.20 Å². The molecule has 1 aromatic carbocycles. The Balaban J connectivity index is 2.91. The van der Waals surface area contributed by atoms with Gasteiger partial charge in [0.15, 0.2) is 0 Å². The van der Waals surface area contributed by atoms with Crippen molar-refractivity contribution in [3.05, 3.63) is 36.5 Å². The summed E-state index contributed by atoms with van der Waals surface area (Å²) in [4.78, 5) is 3.91. The minimum atomic E-state index is 0.208. The molecule has 2 nitrogen and oxygen atoms in total. The molecule has 0 amide bonds. The van der Waals surface area contributed by atoms with E-state index < -0.39 is 0 Å². The lowest BCUT2D eigenvalue weighted by molar-refractivity contribution is 0.480. The van der Waals surface area contributed by atoms with Crippen molar-refractivity contribution in [3.8, 4) is 5.75 Å². The van der Waals surface area contributed by atoms with Crippen molar-refractivity contribution >= 4 is 10.9 Å². The van der Waals surface area contributed by atoms with E-state index in [9.17, 15) is 5.11 Å². The summed E-state index contributed by atoms with van der Waals surface area (Å²) in [5, 5.41) is 10.2. The molecule has 0 saturated heterocycles. The van der Waals surface area contributed by atoms with Gasteiger partial charge in [0.1, 0.15) is 11.3 Å². The van der Waals surface area contributed by atoms with E-state index in [2.05, 4.69) is 11.2 Å². The minimum Gasteiger partial charge on any atom is -0.506 e. The van der Waals surface area contributed by atoms with Crippen LogP contribution in [-0.4, -0.2) is 10.1 Å². The number of pyridine rings is 1. The van der Waals surface area contributed by atoms with Gasteiger partial charge in [-0.25, -0.2) is 4.98 Å². The quantitative estimate of drug-likeness (QED) is 0.611. The summed E-state index contributed by atoms with van der Waals surface area (Å²) < 4.78 is 0. The van der Waals surface area contributed by atoms with Crippen LogP contribution in [0.2, 0.25) is 0 Å². The lowest BCUT2D eigenvalue weighted by Crippen LogP contribution is -1.76. The first-order chi connectivity index (χ1) is 5.38. The van der Waals surface area contributed by atoms with Gasteiger partial charge in [-0.3, -0.25) is 0 Å². The van der Waals surface area contributed by atoms with Crippen LogP contribution in [0.15, 0.2) is 30.3 Å². The van der Waals surface area contributed by atoms with Crippen LogP contribution in [0.25, 0.3) is 10.9 Å². The Bertz CT molecular complexity index is 379. The van der Waals surface area contributed by atoms with Gasteiger partial charge in [0.25, 0.3) is 0 Å². The second-order valence-corrected chi connectivity index (χ2v) is 2.29. The Labute approximate surface area is 64.1 Å². The predicted molar refractivity (Wildman–Crippen MR) is 42.2 cm³/mol. The summed E-state index contributed by atoms with van der Waals surface area (Å²) in [5.74, 6) is 0.208. The first-order valence-electron chi connectivity index (χ1n) is 3.33. The Morgan fingerprint density at radius 3 is 3.00 bits per heavy atom. The van der Waals surface area contributed by atoms with Crippen molar-refractivity contribution in [2.45, 2.75) is 0 Å². The fourth-order valence-electron chi connectivity index (χ4n) is 1.03. The molecule has 0 unspecified atom stereocenters. The third-order valence-corrected chi connectivity index (χ3v) is 1.56. The van der Waals surface area contributed by atoms with Crippen LogP contribution in [-0.2, 0) is 0 Å². The average molecular weight is 144 g/mol. The predicted octanol–water partition coefficient (Wildman–Crippen LogP) is 1.74. The van der Waals surface area contributed by atoms with Crippen LogP contribution in [0.3, 0.4) is 0 Å².